The Morgan fingerprint density at radius 1 is 0.778 bits per heavy atom. The summed E-state index contributed by atoms with van der Waals surface area (Å²) in [5, 5.41) is 0. The van der Waals surface area contributed by atoms with Crippen LogP contribution in [0.1, 0.15) is 79.3 Å². The Kier molecular flexibility index (Phi) is 8.95. The Bertz CT molecular complexity index is 1250. The van der Waals surface area contributed by atoms with E-state index < -0.39 is 0 Å². The molecule has 0 saturated heterocycles. The highest BCUT2D eigenvalue weighted by Crippen LogP contribution is 2.44. The summed E-state index contributed by atoms with van der Waals surface area (Å²) in [4.78, 5) is 0. The van der Waals surface area contributed by atoms with E-state index in [1.54, 1.807) is 5.56 Å². The summed E-state index contributed by atoms with van der Waals surface area (Å²) in [6, 6.07) is 26.4. The molecule has 0 spiro atoms. The van der Waals surface area contributed by atoms with Crippen molar-refractivity contribution in [3.05, 3.63) is 142 Å². The van der Waals surface area contributed by atoms with Gasteiger partial charge in [0.1, 0.15) is 0 Å². The lowest BCUT2D eigenvalue weighted by Gasteiger charge is -2.21. The molecule has 1 aliphatic rings. The molecule has 0 aliphatic heterocycles. The number of benzene rings is 3. The third-order valence-electron chi connectivity index (χ3n) is 7.52. The standard InChI is InChI=1S/C36H40/c1-5-28-23-24-30(34(7-3)33(28)6-2)20-14-15-27(4)21-22-32-25-26-35(29-16-10-8-11-17-29)36(32)31-18-12-9-13-19-31/h8-14,16-20,23-26,36H,4-7,15,21-22H2,1-3H3/b20-14+. The molecule has 3 aromatic carbocycles. The molecule has 0 N–H and O–H groups in total. The van der Waals surface area contributed by atoms with E-state index >= 15 is 0 Å². The Labute approximate surface area is 218 Å². The molecule has 0 heterocycles. The summed E-state index contributed by atoms with van der Waals surface area (Å²) in [6.45, 7) is 11.2. The van der Waals surface area contributed by atoms with Gasteiger partial charge in [-0.3, -0.25) is 0 Å². The second-order valence-corrected chi connectivity index (χ2v) is 9.76. The van der Waals surface area contributed by atoms with Gasteiger partial charge in [0.15, 0.2) is 0 Å². The first-order chi connectivity index (χ1) is 17.7. The van der Waals surface area contributed by atoms with Crippen LogP contribution in [0.2, 0.25) is 0 Å². The van der Waals surface area contributed by atoms with Crippen LogP contribution in [-0.4, -0.2) is 0 Å². The molecule has 1 atom stereocenters. The minimum atomic E-state index is 0.327. The Balaban J connectivity index is 1.42. The van der Waals surface area contributed by atoms with E-state index in [0.717, 1.165) is 38.5 Å². The molecule has 0 amide bonds. The van der Waals surface area contributed by atoms with Gasteiger partial charge in [-0.15, -0.1) is 0 Å². The number of allylic oxidation sites excluding steroid dienone is 6. The van der Waals surface area contributed by atoms with E-state index in [-0.39, 0.29) is 0 Å². The molecule has 0 heteroatoms. The first-order valence-corrected chi connectivity index (χ1v) is 13.6. The quantitative estimate of drug-likeness (QED) is 0.244. The van der Waals surface area contributed by atoms with Crippen LogP contribution in [0.3, 0.4) is 0 Å². The number of hydrogen-bond acceptors (Lipinski definition) is 0. The van der Waals surface area contributed by atoms with Crippen LogP contribution >= 0.6 is 0 Å². The van der Waals surface area contributed by atoms with E-state index in [4.69, 9.17) is 0 Å². The van der Waals surface area contributed by atoms with Crippen molar-refractivity contribution in [3.63, 3.8) is 0 Å². The van der Waals surface area contributed by atoms with E-state index in [0.29, 0.717) is 5.92 Å². The van der Waals surface area contributed by atoms with Gasteiger partial charge in [0.25, 0.3) is 0 Å². The molecular weight excluding hydrogens is 432 g/mol. The largest absolute Gasteiger partial charge is 0.0995 e. The summed E-state index contributed by atoms with van der Waals surface area (Å²) in [6.07, 6.45) is 15.6. The lowest BCUT2D eigenvalue weighted by atomic mass is 9.83. The highest BCUT2D eigenvalue weighted by molar-refractivity contribution is 5.79. The molecule has 4 rings (SSSR count). The number of rotatable bonds is 11. The molecular formula is C36H40. The van der Waals surface area contributed by atoms with E-state index in [2.05, 4.69) is 124 Å². The van der Waals surface area contributed by atoms with Crippen molar-refractivity contribution in [3.8, 4) is 0 Å². The third-order valence-corrected chi connectivity index (χ3v) is 7.52. The second-order valence-electron chi connectivity index (χ2n) is 9.76. The zero-order valence-corrected chi connectivity index (χ0v) is 22.3. The normalized spacial score (nSPS) is 15.2. The van der Waals surface area contributed by atoms with E-state index in [1.165, 1.54) is 44.5 Å². The molecule has 184 valence electrons. The highest BCUT2D eigenvalue weighted by Gasteiger charge is 2.25. The summed E-state index contributed by atoms with van der Waals surface area (Å²) in [5.74, 6) is 0.327. The predicted molar refractivity (Wildman–Crippen MR) is 158 cm³/mol. The van der Waals surface area contributed by atoms with Gasteiger partial charge in [-0.2, -0.15) is 0 Å². The molecule has 36 heavy (non-hydrogen) atoms. The molecule has 1 unspecified atom stereocenters. The summed E-state index contributed by atoms with van der Waals surface area (Å²) >= 11 is 0. The highest BCUT2D eigenvalue weighted by atomic mass is 14.3. The van der Waals surface area contributed by atoms with Crippen molar-refractivity contribution in [1.29, 1.82) is 0 Å². The fourth-order valence-electron chi connectivity index (χ4n) is 5.63. The van der Waals surface area contributed by atoms with Gasteiger partial charge < -0.3 is 0 Å². The smallest absolute Gasteiger partial charge is 0.0308 e. The molecule has 0 bridgehead atoms. The van der Waals surface area contributed by atoms with Crippen molar-refractivity contribution < 1.29 is 0 Å². The molecule has 0 radical (unpaired) electrons. The van der Waals surface area contributed by atoms with Gasteiger partial charge in [0.05, 0.1) is 0 Å². The van der Waals surface area contributed by atoms with E-state index in [9.17, 15) is 0 Å². The predicted octanol–water partition coefficient (Wildman–Crippen LogP) is 9.92. The summed E-state index contributed by atoms with van der Waals surface area (Å²) in [5.41, 5.74) is 12.8. The molecule has 0 aromatic heterocycles. The average Bonchev–Trinajstić information content (AvgIpc) is 3.36. The minimum absolute atomic E-state index is 0.327. The van der Waals surface area contributed by atoms with Gasteiger partial charge >= 0.3 is 0 Å². The minimum Gasteiger partial charge on any atom is -0.0995 e. The van der Waals surface area contributed by atoms with Crippen LogP contribution in [0.15, 0.2) is 109 Å². The van der Waals surface area contributed by atoms with Crippen molar-refractivity contribution in [2.24, 2.45) is 0 Å². The summed E-state index contributed by atoms with van der Waals surface area (Å²) in [7, 11) is 0. The maximum absolute atomic E-state index is 4.43. The molecule has 1 aliphatic carbocycles. The lowest BCUT2D eigenvalue weighted by molar-refractivity contribution is 0.845. The maximum atomic E-state index is 4.43. The Hall–Kier alpha value is -3.38. The van der Waals surface area contributed by atoms with Crippen LogP contribution in [-0.2, 0) is 19.3 Å². The Morgan fingerprint density at radius 3 is 2.14 bits per heavy atom. The van der Waals surface area contributed by atoms with Crippen LogP contribution in [0.4, 0.5) is 0 Å². The molecule has 0 saturated carbocycles. The van der Waals surface area contributed by atoms with E-state index in [1.807, 2.05) is 0 Å². The zero-order chi connectivity index (χ0) is 25.3. The van der Waals surface area contributed by atoms with Crippen LogP contribution < -0.4 is 0 Å². The fourth-order valence-corrected chi connectivity index (χ4v) is 5.63. The van der Waals surface area contributed by atoms with Crippen LogP contribution in [0.25, 0.3) is 11.6 Å². The number of aryl methyl sites for hydroxylation is 1. The van der Waals surface area contributed by atoms with Crippen molar-refractivity contribution >= 4 is 11.6 Å². The van der Waals surface area contributed by atoms with Gasteiger partial charge in [0.2, 0.25) is 0 Å². The van der Waals surface area contributed by atoms with Crippen LogP contribution in [0.5, 0.6) is 0 Å². The van der Waals surface area contributed by atoms with Crippen LogP contribution in [0, 0.1) is 0 Å². The zero-order valence-electron chi connectivity index (χ0n) is 22.3. The molecule has 0 fully saturated rings. The Morgan fingerprint density at radius 2 is 1.47 bits per heavy atom. The van der Waals surface area contributed by atoms with Crippen molar-refractivity contribution in [2.75, 3.05) is 0 Å². The number of hydrogen-bond donors (Lipinski definition) is 0. The van der Waals surface area contributed by atoms with Gasteiger partial charge in [-0.25, -0.2) is 0 Å². The first-order valence-electron chi connectivity index (χ1n) is 13.6. The van der Waals surface area contributed by atoms with Crippen molar-refractivity contribution in [2.45, 2.75) is 65.2 Å². The van der Waals surface area contributed by atoms with Gasteiger partial charge in [-0.05, 0) is 77.5 Å². The monoisotopic (exact) mass is 472 g/mol. The SMILES string of the molecule is C=C(C/C=C/c1ccc(CC)c(CC)c1CC)CCC1=CC=C(c2ccccc2)C1c1ccccc1. The first kappa shape index (κ1) is 25.7. The fraction of sp³-hybridized carbons (Fsp3) is 0.278. The molecule has 0 nitrogen and oxygen atoms in total. The summed E-state index contributed by atoms with van der Waals surface area (Å²) < 4.78 is 0. The van der Waals surface area contributed by atoms with Gasteiger partial charge in [-0.1, -0.05) is 136 Å². The second kappa shape index (κ2) is 12.5. The third kappa shape index (κ3) is 5.88. The molecule has 3 aromatic rings. The average molecular weight is 473 g/mol. The maximum Gasteiger partial charge on any atom is 0.0308 e. The lowest BCUT2D eigenvalue weighted by Crippen LogP contribution is -2.03. The van der Waals surface area contributed by atoms with Gasteiger partial charge in [0, 0.05) is 5.92 Å². The van der Waals surface area contributed by atoms with Crippen molar-refractivity contribution in [1.82, 2.24) is 0 Å². The topological polar surface area (TPSA) is 0 Å².